The number of aliphatic hydroxyl groups excluding tert-OH is 1. The second-order valence-electron chi connectivity index (χ2n) is 4.11. The Hall–Kier alpha value is -1.68. The van der Waals surface area contributed by atoms with Crippen LogP contribution in [0.15, 0.2) is 36.9 Å². The van der Waals surface area contributed by atoms with Crippen LogP contribution in [-0.2, 0) is 0 Å². The number of rotatable bonds is 5. The Balaban J connectivity index is 2.39. The zero-order valence-electron chi connectivity index (χ0n) is 9.95. The average Bonchev–Trinajstić information content (AvgIpc) is 2.75. The molecule has 0 spiro atoms. The first kappa shape index (κ1) is 11.8. The summed E-state index contributed by atoms with van der Waals surface area (Å²) in [4.78, 5) is 0. The number of hydrogen-bond donors (Lipinski definition) is 1. The van der Waals surface area contributed by atoms with Gasteiger partial charge in [0.25, 0.3) is 0 Å². The summed E-state index contributed by atoms with van der Waals surface area (Å²) in [7, 11) is 0. The number of nitrogens with zero attached hydrogens (tertiary/aromatic N) is 3. The first-order valence-electron chi connectivity index (χ1n) is 5.88. The minimum atomic E-state index is -0.470. The summed E-state index contributed by atoms with van der Waals surface area (Å²) in [5, 5.41) is 18.3. The molecule has 2 aromatic rings. The summed E-state index contributed by atoms with van der Waals surface area (Å²) in [6, 6.07) is 7.50. The molecule has 90 valence electrons. The van der Waals surface area contributed by atoms with E-state index in [2.05, 4.69) is 16.9 Å². The van der Waals surface area contributed by atoms with Gasteiger partial charge < -0.3 is 5.11 Å². The lowest BCUT2D eigenvalue weighted by molar-refractivity contribution is 0.119. The Kier molecular flexibility index (Phi) is 3.54. The molecule has 0 aliphatic carbocycles. The van der Waals surface area contributed by atoms with E-state index in [1.54, 1.807) is 10.8 Å². The lowest BCUT2D eigenvalue weighted by atomic mass is 10.1. The van der Waals surface area contributed by atoms with Crippen molar-refractivity contribution in [3.05, 3.63) is 36.9 Å². The van der Waals surface area contributed by atoms with Crippen LogP contribution in [-0.4, -0.2) is 26.2 Å². The molecular formula is C13H17N3O. The molecule has 0 fully saturated rings. The fourth-order valence-electron chi connectivity index (χ4n) is 1.99. The highest BCUT2D eigenvalue weighted by Crippen LogP contribution is 2.21. The van der Waals surface area contributed by atoms with Crippen molar-refractivity contribution in [2.75, 3.05) is 0 Å². The van der Waals surface area contributed by atoms with Crippen molar-refractivity contribution in [3.8, 4) is 0 Å². The summed E-state index contributed by atoms with van der Waals surface area (Å²) in [6.07, 6.45) is 2.91. The van der Waals surface area contributed by atoms with E-state index in [1.807, 2.05) is 31.2 Å². The zero-order chi connectivity index (χ0) is 12.3. The van der Waals surface area contributed by atoms with E-state index < -0.39 is 6.10 Å². The number of aromatic nitrogens is 3. The first-order valence-corrected chi connectivity index (χ1v) is 5.88. The maximum Gasteiger partial charge on any atom is 0.113 e. The molecule has 4 heteroatoms. The minimum absolute atomic E-state index is 0.220. The van der Waals surface area contributed by atoms with Crippen LogP contribution in [0.25, 0.3) is 11.0 Å². The molecule has 0 radical (unpaired) electrons. The van der Waals surface area contributed by atoms with E-state index in [0.29, 0.717) is 0 Å². The van der Waals surface area contributed by atoms with Gasteiger partial charge in [-0.25, -0.2) is 4.68 Å². The number of para-hydroxylation sites is 1. The van der Waals surface area contributed by atoms with Crippen molar-refractivity contribution in [2.45, 2.75) is 31.9 Å². The van der Waals surface area contributed by atoms with Gasteiger partial charge in [0.2, 0.25) is 0 Å². The molecule has 4 nitrogen and oxygen atoms in total. The van der Waals surface area contributed by atoms with Crippen LogP contribution < -0.4 is 0 Å². The highest BCUT2D eigenvalue weighted by atomic mass is 16.3. The van der Waals surface area contributed by atoms with Crippen LogP contribution in [0.4, 0.5) is 0 Å². The van der Waals surface area contributed by atoms with Crippen molar-refractivity contribution in [2.24, 2.45) is 0 Å². The molecule has 2 rings (SSSR count). The van der Waals surface area contributed by atoms with Gasteiger partial charge in [-0.15, -0.1) is 11.7 Å². The molecule has 0 saturated heterocycles. The van der Waals surface area contributed by atoms with Crippen molar-refractivity contribution < 1.29 is 5.11 Å². The van der Waals surface area contributed by atoms with Crippen LogP contribution >= 0.6 is 0 Å². The van der Waals surface area contributed by atoms with Crippen LogP contribution in [0, 0.1) is 0 Å². The number of hydrogen-bond acceptors (Lipinski definition) is 3. The summed E-state index contributed by atoms with van der Waals surface area (Å²) in [5.74, 6) is 0. The second kappa shape index (κ2) is 5.10. The third-order valence-electron chi connectivity index (χ3n) is 2.88. The summed E-state index contributed by atoms with van der Waals surface area (Å²) in [6.45, 7) is 5.82. The summed E-state index contributed by atoms with van der Waals surface area (Å²) < 4.78 is 1.74. The predicted molar refractivity (Wildman–Crippen MR) is 67.7 cm³/mol. The third-order valence-corrected chi connectivity index (χ3v) is 2.88. The summed E-state index contributed by atoms with van der Waals surface area (Å²) in [5.41, 5.74) is 1.76. The monoisotopic (exact) mass is 231 g/mol. The molecule has 1 N–H and O–H groups in total. The predicted octanol–water partition coefficient (Wildman–Crippen LogP) is 2.32. The van der Waals surface area contributed by atoms with Gasteiger partial charge >= 0.3 is 0 Å². The van der Waals surface area contributed by atoms with E-state index in [1.165, 1.54) is 0 Å². The second-order valence-corrected chi connectivity index (χ2v) is 4.11. The number of aliphatic hydroxyl groups is 1. The van der Waals surface area contributed by atoms with Crippen LogP contribution in [0.3, 0.4) is 0 Å². The summed E-state index contributed by atoms with van der Waals surface area (Å²) >= 11 is 0. The van der Waals surface area contributed by atoms with Crippen molar-refractivity contribution in [1.29, 1.82) is 0 Å². The van der Waals surface area contributed by atoms with Gasteiger partial charge in [-0.1, -0.05) is 36.8 Å². The molecular weight excluding hydrogens is 214 g/mol. The molecule has 0 bridgehead atoms. The van der Waals surface area contributed by atoms with Gasteiger partial charge in [-0.3, -0.25) is 0 Å². The smallest absolute Gasteiger partial charge is 0.113 e. The van der Waals surface area contributed by atoms with Gasteiger partial charge in [-0.05, 0) is 18.6 Å². The van der Waals surface area contributed by atoms with E-state index in [9.17, 15) is 5.11 Å². The minimum Gasteiger partial charge on any atom is -0.391 e. The highest BCUT2D eigenvalue weighted by Gasteiger charge is 2.20. The lowest BCUT2D eigenvalue weighted by Gasteiger charge is -2.19. The molecule has 1 aromatic heterocycles. The van der Waals surface area contributed by atoms with Crippen LogP contribution in [0.1, 0.15) is 25.8 Å². The molecule has 17 heavy (non-hydrogen) atoms. The Morgan fingerprint density at radius 2 is 2.24 bits per heavy atom. The highest BCUT2D eigenvalue weighted by molar-refractivity contribution is 5.74. The maximum atomic E-state index is 10.1. The molecule has 0 saturated carbocycles. The molecule has 2 unspecified atom stereocenters. The van der Waals surface area contributed by atoms with Crippen LogP contribution in [0.5, 0.6) is 0 Å². The van der Waals surface area contributed by atoms with Gasteiger partial charge in [-0.2, -0.15) is 0 Å². The largest absolute Gasteiger partial charge is 0.391 e. The maximum absolute atomic E-state index is 10.1. The SMILES string of the molecule is C=CC(C(O)CCC)n1nnc2ccccc21. The quantitative estimate of drug-likeness (QED) is 0.803. The normalized spacial score (nSPS) is 14.7. The fourth-order valence-corrected chi connectivity index (χ4v) is 1.99. The van der Waals surface area contributed by atoms with E-state index in [4.69, 9.17) is 0 Å². The lowest BCUT2D eigenvalue weighted by Crippen LogP contribution is -2.23. The van der Waals surface area contributed by atoms with Gasteiger partial charge in [0.05, 0.1) is 17.7 Å². The molecule has 0 aliphatic heterocycles. The van der Waals surface area contributed by atoms with Crippen LogP contribution in [0.2, 0.25) is 0 Å². The average molecular weight is 231 g/mol. The molecule has 1 heterocycles. The topological polar surface area (TPSA) is 50.9 Å². The molecule has 1 aromatic carbocycles. The van der Waals surface area contributed by atoms with Gasteiger partial charge in [0.1, 0.15) is 5.52 Å². The van der Waals surface area contributed by atoms with Gasteiger partial charge in [0, 0.05) is 0 Å². The number of fused-ring (bicyclic) bond motifs is 1. The Bertz CT molecular complexity index is 506. The Morgan fingerprint density at radius 1 is 1.47 bits per heavy atom. The van der Waals surface area contributed by atoms with Crippen molar-refractivity contribution >= 4 is 11.0 Å². The zero-order valence-corrected chi connectivity index (χ0v) is 9.95. The molecule has 0 aliphatic rings. The van der Waals surface area contributed by atoms with Crippen molar-refractivity contribution in [3.63, 3.8) is 0 Å². The molecule has 0 amide bonds. The van der Waals surface area contributed by atoms with Gasteiger partial charge in [0.15, 0.2) is 0 Å². The van der Waals surface area contributed by atoms with E-state index >= 15 is 0 Å². The Morgan fingerprint density at radius 3 is 2.94 bits per heavy atom. The fraction of sp³-hybridized carbons (Fsp3) is 0.385. The standard InChI is InChI=1S/C13H17N3O/c1-3-7-13(17)11(4-2)16-12-9-6-5-8-10(12)14-15-16/h4-6,8-9,11,13,17H,2-3,7H2,1H3. The first-order chi connectivity index (χ1) is 8.27. The van der Waals surface area contributed by atoms with E-state index in [-0.39, 0.29) is 6.04 Å². The van der Waals surface area contributed by atoms with E-state index in [0.717, 1.165) is 23.9 Å². The Labute approximate surface area is 101 Å². The third kappa shape index (κ3) is 2.22. The van der Waals surface area contributed by atoms with Crippen molar-refractivity contribution in [1.82, 2.24) is 15.0 Å². The number of benzene rings is 1. The molecule has 2 atom stereocenters.